The maximum Gasteiger partial charge on any atom is 0.0483 e. The average Bonchev–Trinajstić information content (AvgIpc) is 1.85. The van der Waals surface area contributed by atoms with Gasteiger partial charge in [-0.05, 0) is 27.7 Å². The van der Waals surface area contributed by atoms with Crippen LogP contribution in [0.25, 0.3) is 0 Å². The van der Waals surface area contributed by atoms with Gasteiger partial charge in [-0.15, -0.1) is 0 Å². The fourth-order valence-corrected chi connectivity index (χ4v) is 0. The van der Waals surface area contributed by atoms with E-state index in [0.29, 0.717) is 0 Å². The van der Waals surface area contributed by atoms with Crippen molar-refractivity contribution >= 4 is 15.9 Å². The predicted octanol–water partition coefficient (Wildman–Crippen LogP) is 2.50. The molecule has 0 amide bonds. The smallest absolute Gasteiger partial charge is 0.0483 e. The molecule has 0 atom stereocenters. The molecule has 0 rings (SSSR count). The SMILES string of the molecule is CC(C)O.CC(C)O.[CH2-]/C=C/Br.[Ti]. The number of halogens is 1. The number of hydrogen-bond donors (Lipinski definition) is 2. The molecule has 0 radical (unpaired) electrons. The summed E-state index contributed by atoms with van der Waals surface area (Å²) in [5.74, 6) is 0. The zero-order valence-electron chi connectivity index (χ0n) is 8.79. The van der Waals surface area contributed by atoms with Crippen LogP contribution < -0.4 is 0 Å². The normalized spacial score (nSPS) is 8.38. The molecule has 0 aliphatic rings. The standard InChI is InChI=1S/C3H4Br.2C3H8O.Ti/c1-2-3-4;2*1-3(2)4;/h2-3H,1H2;2*3-4H,1-2H3;/q-1;;;/b3-2+;;;. The summed E-state index contributed by atoms with van der Waals surface area (Å²) in [6.45, 7) is 10.3. The van der Waals surface area contributed by atoms with Crippen LogP contribution in [0.2, 0.25) is 0 Å². The second kappa shape index (κ2) is 23.0. The predicted molar refractivity (Wildman–Crippen MR) is 58.1 cm³/mol. The third-order valence-corrected chi connectivity index (χ3v) is 0.463. The van der Waals surface area contributed by atoms with Crippen LogP contribution in [-0.2, 0) is 21.7 Å². The van der Waals surface area contributed by atoms with Crippen molar-refractivity contribution in [1.29, 1.82) is 0 Å². The van der Waals surface area contributed by atoms with Gasteiger partial charge in [0.15, 0.2) is 0 Å². The summed E-state index contributed by atoms with van der Waals surface area (Å²) < 4.78 is 0. The second-order valence-corrected chi connectivity index (χ2v) is 3.08. The van der Waals surface area contributed by atoms with Gasteiger partial charge in [0.1, 0.15) is 0 Å². The Hall–Kier alpha value is 0.724. The van der Waals surface area contributed by atoms with E-state index in [1.54, 1.807) is 38.8 Å². The maximum atomic E-state index is 8.06. The first-order chi connectivity index (χ1) is 5.38. The quantitative estimate of drug-likeness (QED) is 0.531. The number of hydrogen-bond acceptors (Lipinski definition) is 2. The molecule has 0 aliphatic carbocycles. The van der Waals surface area contributed by atoms with Gasteiger partial charge in [-0.1, -0.05) is 0 Å². The molecule has 13 heavy (non-hydrogen) atoms. The summed E-state index contributed by atoms with van der Waals surface area (Å²) in [5, 5.41) is 16.1. The second-order valence-electron chi connectivity index (χ2n) is 2.55. The van der Waals surface area contributed by atoms with Crippen LogP contribution in [0.3, 0.4) is 0 Å². The molecule has 4 heteroatoms. The third kappa shape index (κ3) is 492. The first kappa shape index (κ1) is 23.5. The Morgan fingerprint density at radius 1 is 1.08 bits per heavy atom. The van der Waals surface area contributed by atoms with Gasteiger partial charge in [-0.25, -0.2) is 13.0 Å². The first-order valence-corrected chi connectivity index (χ1v) is 4.70. The van der Waals surface area contributed by atoms with Crippen molar-refractivity contribution in [3.8, 4) is 0 Å². The summed E-state index contributed by atoms with van der Waals surface area (Å²) in [6, 6.07) is 0. The van der Waals surface area contributed by atoms with Crippen LogP contribution in [-0.4, -0.2) is 22.4 Å². The van der Waals surface area contributed by atoms with Gasteiger partial charge in [0.05, 0.1) is 0 Å². The largest absolute Gasteiger partial charge is 0.394 e. The molecule has 0 aliphatic heterocycles. The van der Waals surface area contributed by atoms with E-state index in [0.717, 1.165) is 0 Å². The van der Waals surface area contributed by atoms with Gasteiger partial charge in [0.25, 0.3) is 0 Å². The molecule has 80 valence electrons. The van der Waals surface area contributed by atoms with E-state index >= 15 is 0 Å². The Kier molecular flexibility index (Phi) is 41.5. The topological polar surface area (TPSA) is 40.5 Å². The molecule has 0 spiro atoms. The number of aliphatic hydroxyl groups is 2. The van der Waals surface area contributed by atoms with Crippen LogP contribution in [0.4, 0.5) is 0 Å². The van der Waals surface area contributed by atoms with Gasteiger partial charge in [-0.3, -0.25) is 0 Å². The van der Waals surface area contributed by atoms with Crippen LogP contribution in [0.1, 0.15) is 27.7 Å². The molecule has 2 N–H and O–H groups in total. The molecule has 2 nitrogen and oxygen atoms in total. The zero-order valence-corrected chi connectivity index (χ0v) is 11.9. The molecule has 0 heterocycles. The molecule has 0 aromatic rings. The molecule has 0 saturated carbocycles. The van der Waals surface area contributed by atoms with Gasteiger partial charge in [0.2, 0.25) is 0 Å². The summed E-state index contributed by atoms with van der Waals surface area (Å²) in [5.41, 5.74) is 0. The minimum atomic E-state index is -0.167. The van der Waals surface area contributed by atoms with E-state index in [9.17, 15) is 0 Å². The average molecular weight is 288 g/mol. The Morgan fingerprint density at radius 2 is 1.15 bits per heavy atom. The molecule has 0 fully saturated rings. The van der Waals surface area contributed by atoms with Crippen LogP contribution in [0, 0.1) is 6.92 Å². The molecule has 0 saturated heterocycles. The Bertz CT molecular complexity index is 70.2. The van der Waals surface area contributed by atoms with Crippen molar-refractivity contribution in [2.75, 3.05) is 0 Å². The fourth-order valence-electron chi connectivity index (χ4n) is 0. The van der Waals surface area contributed by atoms with Crippen molar-refractivity contribution in [3.63, 3.8) is 0 Å². The summed E-state index contributed by atoms with van der Waals surface area (Å²) in [7, 11) is 0. The van der Waals surface area contributed by atoms with Crippen LogP contribution in [0.5, 0.6) is 0 Å². The Balaban J connectivity index is -0.0000000450. The molecule has 0 aromatic heterocycles. The number of aliphatic hydroxyl groups excluding tert-OH is 2. The number of rotatable bonds is 0. The minimum absolute atomic E-state index is 0. The van der Waals surface area contributed by atoms with E-state index in [1.807, 2.05) is 0 Å². The van der Waals surface area contributed by atoms with E-state index in [2.05, 4.69) is 22.9 Å². The fraction of sp³-hybridized carbons (Fsp3) is 0.667. The van der Waals surface area contributed by atoms with Crippen molar-refractivity contribution in [2.24, 2.45) is 0 Å². The van der Waals surface area contributed by atoms with Crippen molar-refractivity contribution in [2.45, 2.75) is 39.9 Å². The molecular weight excluding hydrogens is 268 g/mol. The summed E-state index contributed by atoms with van der Waals surface area (Å²) in [6.07, 6.45) is 1.33. The van der Waals surface area contributed by atoms with E-state index in [4.69, 9.17) is 10.2 Å². The molecule has 0 unspecified atom stereocenters. The summed E-state index contributed by atoms with van der Waals surface area (Å²) >= 11 is 3.01. The Morgan fingerprint density at radius 3 is 1.15 bits per heavy atom. The van der Waals surface area contributed by atoms with Crippen molar-refractivity contribution in [3.05, 3.63) is 18.0 Å². The van der Waals surface area contributed by atoms with Crippen molar-refractivity contribution in [1.82, 2.24) is 0 Å². The van der Waals surface area contributed by atoms with E-state index in [1.165, 1.54) is 0 Å². The summed E-state index contributed by atoms with van der Waals surface area (Å²) in [4.78, 5) is 1.70. The van der Waals surface area contributed by atoms with Gasteiger partial charge >= 0.3 is 0 Å². The third-order valence-electron chi connectivity index (χ3n) is 0.0891. The van der Waals surface area contributed by atoms with Crippen LogP contribution in [0.15, 0.2) is 11.1 Å². The molecule has 0 aromatic carbocycles. The van der Waals surface area contributed by atoms with Gasteiger partial charge < -0.3 is 10.2 Å². The van der Waals surface area contributed by atoms with E-state index in [-0.39, 0.29) is 33.9 Å². The monoisotopic (exact) mass is 287 g/mol. The molecular formula is C9H20BrO2Ti-. The first-order valence-electron chi connectivity index (χ1n) is 3.79. The Labute approximate surface area is 105 Å². The van der Waals surface area contributed by atoms with E-state index < -0.39 is 0 Å². The van der Waals surface area contributed by atoms with Crippen LogP contribution >= 0.6 is 15.9 Å². The van der Waals surface area contributed by atoms with Gasteiger partial charge in [-0.2, -0.15) is 20.9 Å². The maximum absolute atomic E-state index is 8.06. The number of allylic oxidation sites excluding steroid dienone is 1. The van der Waals surface area contributed by atoms with Crippen molar-refractivity contribution < 1.29 is 31.9 Å². The van der Waals surface area contributed by atoms with Gasteiger partial charge in [0, 0.05) is 33.9 Å². The molecule has 0 bridgehead atoms. The minimum Gasteiger partial charge on any atom is -0.394 e. The zero-order chi connectivity index (χ0) is 10.6.